The summed E-state index contributed by atoms with van der Waals surface area (Å²) in [6, 6.07) is -0.200. The fraction of sp³-hybridized carbons (Fsp3) is 0.882. The van der Waals surface area contributed by atoms with Crippen LogP contribution in [0.4, 0.5) is 0 Å². The third-order valence-corrected chi connectivity index (χ3v) is 4.55. The summed E-state index contributed by atoms with van der Waals surface area (Å²) in [5.74, 6) is 0.269. The minimum atomic E-state index is -0.232. The van der Waals surface area contributed by atoms with Gasteiger partial charge in [0.1, 0.15) is 0 Å². The molecular weight excluding hydrogens is 294 g/mol. The molecule has 2 aliphatic rings. The zero-order chi connectivity index (χ0) is 17.0. The summed E-state index contributed by atoms with van der Waals surface area (Å²) in [5, 5.41) is 3.03. The van der Waals surface area contributed by atoms with Gasteiger partial charge in [-0.05, 0) is 47.1 Å². The number of hydrogen-bond acceptors (Lipinski definition) is 4. The Morgan fingerprint density at radius 1 is 1.17 bits per heavy atom. The van der Waals surface area contributed by atoms with Crippen molar-refractivity contribution in [2.75, 3.05) is 39.4 Å². The number of piperidine rings is 1. The molecule has 6 heteroatoms. The van der Waals surface area contributed by atoms with Crippen LogP contribution >= 0.6 is 0 Å². The number of morpholine rings is 1. The van der Waals surface area contributed by atoms with E-state index in [9.17, 15) is 9.59 Å². The van der Waals surface area contributed by atoms with E-state index >= 15 is 0 Å². The molecule has 0 saturated carbocycles. The zero-order valence-electron chi connectivity index (χ0n) is 14.9. The van der Waals surface area contributed by atoms with Gasteiger partial charge in [-0.15, -0.1) is 0 Å². The lowest BCUT2D eigenvalue weighted by Gasteiger charge is -2.38. The molecule has 0 bridgehead atoms. The van der Waals surface area contributed by atoms with Crippen molar-refractivity contribution >= 4 is 11.8 Å². The van der Waals surface area contributed by atoms with Crippen molar-refractivity contribution in [1.82, 2.24) is 15.1 Å². The van der Waals surface area contributed by atoms with E-state index < -0.39 is 0 Å². The molecule has 0 spiro atoms. The molecule has 0 aliphatic carbocycles. The minimum absolute atomic E-state index is 0.00624. The van der Waals surface area contributed by atoms with Gasteiger partial charge in [-0.2, -0.15) is 0 Å². The smallest absolute Gasteiger partial charge is 0.237 e. The van der Waals surface area contributed by atoms with Crippen LogP contribution in [0.15, 0.2) is 0 Å². The Hall–Kier alpha value is -1.14. The number of carbonyl (C=O) groups excluding carboxylic acids is 2. The molecule has 2 unspecified atom stereocenters. The second kappa shape index (κ2) is 7.62. The Balaban J connectivity index is 1.91. The summed E-state index contributed by atoms with van der Waals surface area (Å²) in [7, 11) is 0. The fourth-order valence-corrected chi connectivity index (χ4v) is 3.24. The molecule has 2 heterocycles. The molecular formula is C17H31N3O3. The molecule has 1 N–H and O–H groups in total. The SMILES string of the molecule is CC(C(=O)NC(C)(C)C)N1CCCC(C(=O)N2CCOCC2)C1. The maximum atomic E-state index is 12.7. The highest BCUT2D eigenvalue weighted by Crippen LogP contribution is 2.21. The van der Waals surface area contributed by atoms with Gasteiger partial charge in [0.15, 0.2) is 0 Å². The Bertz CT molecular complexity index is 427. The highest BCUT2D eigenvalue weighted by atomic mass is 16.5. The fourth-order valence-electron chi connectivity index (χ4n) is 3.24. The van der Waals surface area contributed by atoms with Crippen molar-refractivity contribution in [3.8, 4) is 0 Å². The van der Waals surface area contributed by atoms with Gasteiger partial charge in [-0.3, -0.25) is 14.5 Å². The van der Waals surface area contributed by atoms with Gasteiger partial charge in [0.05, 0.1) is 25.2 Å². The second-order valence-corrected chi connectivity index (χ2v) is 7.69. The van der Waals surface area contributed by atoms with E-state index in [1.807, 2.05) is 32.6 Å². The van der Waals surface area contributed by atoms with E-state index in [1.165, 1.54) is 0 Å². The Morgan fingerprint density at radius 3 is 2.43 bits per heavy atom. The first-order chi connectivity index (χ1) is 10.8. The first kappa shape index (κ1) is 18.2. The normalized spacial score (nSPS) is 25.0. The molecule has 132 valence electrons. The first-order valence-electron chi connectivity index (χ1n) is 8.70. The molecule has 0 aromatic heterocycles. The van der Waals surface area contributed by atoms with Crippen molar-refractivity contribution in [2.24, 2.45) is 5.92 Å². The van der Waals surface area contributed by atoms with E-state index in [4.69, 9.17) is 4.74 Å². The number of rotatable bonds is 3. The van der Waals surface area contributed by atoms with Crippen LogP contribution in [0.3, 0.4) is 0 Å². The van der Waals surface area contributed by atoms with Gasteiger partial charge >= 0.3 is 0 Å². The number of nitrogens with one attached hydrogen (secondary N) is 1. The van der Waals surface area contributed by atoms with Crippen molar-refractivity contribution in [2.45, 2.75) is 52.1 Å². The van der Waals surface area contributed by atoms with Crippen LogP contribution in [0.2, 0.25) is 0 Å². The quantitative estimate of drug-likeness (QED) is 0.836. The molecule has 23 heavy (non-hydrogen) atoms. The predicted octanol–water partition coefficient (Wildman–Crippen LogP) is 0.860. The third kappa shape index (κ3) is 5.18. The number of ether oxygens (including phenoxy) is 1. The van der Waals surface area contributed by atoms with Gasteiger partial charge in [-0.1, -0.05) is 0 Å². The topological polar surface area (TPSA) is 61.9 Å². The van der Waals surface area contributed by atoms with Crippen LogP contribution in [0, 0.1) is 5.92 Å². The maximum Gasteiger partial charge on any atom is 0.237 e. The minimum Gasteiger partial charge on any atom is -0.378 e. The molecule has 0 aromatic carbocycles. The lowest BCUT2D eigenvalue weighted by atomic mass is 9.95. The summed E-state index contributed by atoms with van der Waals surface area (Å²) in [4.78, 5) is 29.1. The van der Waals surface area contributed by atoms with Crippen LogP contribution in [0.25, 0.3) is 0 Å². The average molecular weight is 325 g/mol. The lowest BCUT2D eigenvalue weighted by Crippen LogP contribution is -2.55. The highest BCUT2D eigenvalue weighted by molar-refractivity contribution is 5.82. The predicted molar refractivity (Wildman–Crippen MR) is 89.1 cm³/mol. The monoisotopic (exact) mass is 325 g/mol. The Kier molecular flexibility index (Phi) is 6.03. The number of carbonyl (C=O) groups is 2. The van der Waals surface area contributed by atoms with Crippen LogP contribution in [-0.2, 0) is 14.3 Å². The summed E-state index contributed by atoms with van der Waals surface area (Å²) >= 11 is 0. The Morgan fingerprint density at radius 2 is 1.83 bits per heavy atom. The van der Waals surface area contributed by atoms with E-state index in [0.717, 1.165) is 19.4 Å². The van der Waals surface area contributed by atoms with Gasteiger partial charge in [0, 0.05) is 25.2 Å². The molecule has 2 rings (SSSR count). The zero-order valence-corrected chi connectivity index (χ0v) is 14.9. The van der Waals surface area contributed by atoms with Crippen molar-refractivity contribution in [3.05, 3.63) is 0 Å². The number of amides is 2. The summed E-state index contributed by atoms with van der Waals surface area (Å²) in [6.07, 6.45) is 1.88. The summed E-state index contributed by atoms with van der Waals surface area (Å²) in [5.41, 5.74) is -0.232. The molecule has 2 aliphatic heterocycles. The molecule has 2 amide bonds. The highest BCUT2D eigenvalue weighted by Gasteiger charge is 2.34. The van der Waals surface area contributed by atoms with Gasteiger partial charge in [0.2, 0.25) is 11.8 Å². The van der Waals surface area contributed by atoms with Gasteiger partial charge < -0.3 is 15.0 Å². The van der Waals surface area contributed by atoms with Crippen LogP contribution in [0.5, 0.6) is 0 Å². The van der Waals surface area contributed by atoms with Gasteiger partial charge in [-0.25, -0.2) is 0 Å². The molecule has 6 nitrogen and oxygen atoms in total. The maximum absolute atomic E-state index is 12.7. The van der Waals surface area contributed by atoms with Crippen molar-refractivity contribution in [1.29, 1.82) is 0 Å². The van der Waals surface area contributed by atoms with E-state index in [1.54, 1.807) is 0 Å². The average Bonchev–Trinajstić information content (AvgIpc) is 2.52. The van der Waals surface area contributed by atoms with Crippen molar-refractivity contribution < 1.29 is 14.3 Å². The third-order valence-electron chi connectivity index (χ3n) is 4.55. The summed E-state index contributed by atoms with van der Waals surface area (Å²) in [6.45, 7) is 12.1. The van der Waals surface area contributed by atoms with Crippen LogP contribution in [-0.4, -0.2) is 72.6 Å². The molecule has 2 atom stereocenters. The number of hydrogen-bond donors (Lipinski definition) is 1. The van der Waals surface area contributed by atoms with E-state index in [2.05, 4.69) is 10.2 Å². The van der Waals surface area contributed by atoms with Crippen LogP contribution < -0.4 is 5.32 Å². The van der Waals surface area contributed by atoms with Gasteiger partial charge in [0.25, 0.3) is 0 Å². The Labute approximate surface area is 139 Å². The molecule has 0 aromatic rings. The lowest BCUT2D eigenvalue weighted by molar-refractivity contribution is -0.143. The molecule has 0 radical (unpaired) electrons. The van der Waals surface area contributed by atoms with E-state index in [-0.39, 0.29) is 29.3 Å². The number of nitrogens with zero attached hydrogens (tertiary/aromatic N) is 2. The van der Waals surface area contributed by atoms with E-state index in [0.29, 0.717) is 32.8 Å². The molecule has 2 fully saturated rings. The number of likely N-dealkylation sites (tertiary alicyclic amines) is 1. The van der Waals surface area contributed by atoms with Crippen molar-refractivity contribution in [3.63, 3.8) is 0 Å². The van der Waals surface area contributed by atoms with Crippen LogP contribution in [0.1, 0.15) is 40.5 Å². The molecule has 2 saturated heterocycles. The largest absolute Gasteiger partial charge is 0.378 e. The second-order valence-electron chi connectivity index (χ2n) is 7.69. The summed E-state index contributed by atoms with van der Waals surface area (Å²) < 4.78 is 5.32. The first-order valence-corrected chi connectivity index (χ1v) is 8.70. The standard InChI is InChI=1S/C17H31N3O3/c1-13(15(21)18-17(2,3)4)20-7-5-6-14(12-20)16(22)19-8-10-23-11-9-19/h13-14H,5-12H2,1-4H3,(H,18,21).